The number of aryl methyl sites for hydroxylation is 1. The maximum Gasteiger partial charge on any atom is 0.271 e. The molecule has 4 aromatic rings. The summed E-state index contributed by atoms with van der Waals surface area (Å²) in [7, 11) is 0. The molecule has 0 fully saturated rings. The minimum atomic E-state index is -0.637. The van der Waals surface area contributed by atoms with E-state index >= 15 is 0 Å². The molecule has 1 aromatic carbocycles. The second-order valence-electron chi connectivity index (χ2n) is 8.17. The molecule has 1 amide bonds. The molecule has 4 heterocycles. The number of nitrogens with zero attached hydrogens (tertiary/aromatic N) is 4. The number of carbonyl (C=O) groups is 1. The van der Waals surface area contributed by atoms with Crippen molar-refractivity contribution in [3.63, 3.8) is 0 Å². The predicted molar refractivity (Wildman–Crippen MR) is 125 cm³/mol. The van der Waals surface area contributed by atoms with Crippen molar-refractivity contribution in [2.45, 2.75) is 26.0 Å². The lowest BCUT2D eigenvalue weighted by Crippen LogP contribution is -2.42. The summed E-state index contributed by atoms with van der Waals surface area (Å²) < 4.78 is 1.85. The molecule has 2 N–H and O–H groups in total. The van der Waals surface area contributed by atoms with Crippen molar-refractivity contribution in [2.24, 2.45) is 0 Å². The van der Waals surface area contributed by atoms with Gasteiger partial charge in [-0.2, -0.15) is 0 Å². The molecule has 0 aliphatic carbocycles. The van der Waals surface area contributed by atoms with Gasteiger partial charge in [-0.25, -0.2) is 9.97 Å². The summed E-state index contributed by atoms with van der Waals surface area (Å²) >= 11 is 1.63. The number of β-amino-alcohol motifs (C(OH)–C–C–N with tert-alkyl or cyclic N) is 1. The summed E-state index contributed by atoms with van der Waals surface area (Å²) in [4.78, 5) is 24.6. The molecule has 0 saturated carbocycles. The number of aliphatic hydroxyl groups excluding tert-OH is 1. The number of fused-ring (bicyclic) bond motifs is 2. The fourth-order valence-electron chi connectivity index (χ4n) is 4.12. The lowest BCUT2D eigenvalue weighted by molar-refractivity contribution is 0.0838. The predicted octanol–water partition coefficient (Wildman–Crippen LogP) is 2.92. The molecule has 0 bridgehead atoms. The van der Waals surface area contributed by atoms with Crippen molar-refractivity contribution in [1.82, 2.24) is 24.6 Å². The van der Waals surface area contributed by atoms with Crippen LogP contribution in [-0.4, -0.2) is 56.0 Å². The van der Waals surface area contributed by atoms with Gasteiger partial charge in [-0.05, 0) is 36.6 Å². The summed E-state index contributed by atoms with van der Waals surface area (Å²) in [6.45, 7) is 4.43. The molecule has 0 spiro atoms. The van der Waals surface area contributed by atoms with Crippen LogP contribution in [0.15, 0.2) is 55.0 Å². The van der Waals surface area contributed by atoms with Crippen molar-refractivity contribution >= 4 is 22.9 Å². The molecule has 1 aliphatic heterocycles. The van der Waals surface area contributed by atoms with Gasteiger partial charge in [0.15, 0.2) is 0 Å². The van der Waals surface area contributed by atoms with E-state index < -0.39 is 6.10 Å². The molecule has 1 atom stereocenters. The van der Waals surface area contributed by atoms with Crippen LogP contribution in [0.4, 0.5) is 0 Å². The van der Waals surface area contributed by atoms with E-state index in [2.05, 4.69) is 44.5 Å². The third kappa shape index (κ3) is 4.43. The Morgan fingerprint density at radius 2 is 2.06 bits per heavy atom. The van der Waals surface area contributed by atoms with Gasteiger partial charge in [0.1, 0.15) is 11.3 Å². The van der Waals surface area contributed by atoms with E-state index in [4.69, 9.17) is 0 Å². The number of hydrogen-bond acceptors (Lipinski definition) is 6. The first-order valence-corrected chi connectivity index (χ1v) is 11.5. The molecule has 0 unspecified atom stereocenters. The van der Waals surface area contributed by atoms with Crippen LogP contribution < -0.4 is 5.32 Å². The third-order valence-corrected chi connectivity index (χ3v) is 6.73. The number of carbonyl (C=O) groups excluding carboxylic acids is 1. The SMILES string of the molecule is Cc1ncc(-c2ccc3nc(C(=O)NC[C@H](O)CN4CCc5ccccc5C4)cn3c2)s1. The van der Waals surface area contributed by atoms with E-state index in [1.54, 1.807) is 17.5 Å². The zero-order valence-electron chi connectivity index (χ0n) is 17.9. The van der Waals surface area contributed by atoms with Gasteiger partial charge >= 0.3 is 0 Å². The smallest absolute Gasteiger partial charge is 0.271 e. The van der Waals surface area contributed by atoms with Gasteiger partial charge < -0.3 is 14.8 Å². The summed E-state index contributed by atoms with van der Waals surface area (Å²) in [6, 6.07) is 12.3. The highest BCUT2D eigenvalue weighted by atomic mass is 32.1. The molecular formula is C24H25N5O2S. The molecular weight excluding hydrogens is 422 g/mol. The van der Waals surface area contributed by atoms with Crippen LogP contribution in [0.2, 0.25) is 0 Å². The summed E-state index contributed by atoms with van der Waals surface area (Å²) in [5.41, 5.74) is 4.76. The Bertz CT molecular complexity index is 1260. The monoisotopic (exact) mass is 447 g/mol. The standard InChI is InChI=1S/C24H25N5O2S/c1-16-25-11-22(32-16)19-6-7-23-27-21(15-29(23)13-19)24(31)26-10-20(30)14-28-9-8-17-4-2-3-5-18(17)12-28/h2-7,11,13,15,20,30H,8-10,12,14H2,1H3,(H,26,31)/t20-/m0/s1. The number of nitrogens with one attached hydrogen (secondary N) is 1. The quantitative estimate of drug-likeness (QED) is 0.475. The minimum absolute atomic E-state index is 0.191. The number of benzene rings is 1. The van der Waals surface area contributed by atoms with Crippen LogP contribution in [0.3, 0.4) is 0 Å². The summed E-state index contributed by atoms with van der Waals surface area (Å²) in [6.07, 6.45) is 5.88. The maximum atomic E-state index is 12.6. The van der Waals surface area contributed by atoms with E-state index in [0.717, 1.165) is 35.0 Å². The van der Waals surface area contributed by atoms with Crippen molar-refractivity contribution in [3.05, 3.63) is 76.8 Å². The molecule has 0 saturated heterocycles. The second-order valence-corrected chi connectivity index (χ2v) is 9.41. The first-order chi connectivity index (χ1) is 15.5. The topological polar surface area (TPSA) is 82.8 Å². The molecule has 8 heteroatoms. The first-order valence-electron chi connectivity index (χ1n) is 10.7. The number of pyridine rings is 1. The van der Waals surface area contributed by atoms with Crippen molar-refractivity contribution in [1.29, 1.82) is 0 Å². The van der Waals surface area contributed by atoms with Crippen LogP contribution in [0.25, 0.3) is 16.1 Å². The Morgan fingerprint density at radius 1 is 1.22 bits per heavy atom. The Morgan fingerprint density at radius 3 is 2.88 bits per heavy atom. The van der Waals surface area contributed by atoms with Gasteiger partial charge in [-0.3, -0.25) is 9.69 Å². The summed E-state index contributed by atoms with van der Waals surface area (Å²) in [5, 5.41) is 14.3. The number of rotatable bonds is 6. The molecule has 7 nitrogen and oxygen atoms in total. The van der Waals surface area contributed by atoms with E-state index in [9.17, 15) is 9.90 Å². The number of imidazole rings is 1. The zero-order valence-corrected chi connectivity index (χ0v) is 18.7. The van der Waals surface area contributed by atoms with Crippen LogP contribution >= 0.6 is 11.3 Å². The zero-order chi connectivity index (χ0) is 22.1. The lowest BCUT2D eigenvalue weighted by Gasteiger charge is -2.30. The van der Waals surface area contributed by atoms with Crippen LogP contribution in [0, 0.1) is 6.92 Å². The fourth-order valence-corrected chi connectivity index (χ4v) is 4.88. The Kier molecular flexibility index (Phi) is 5.73. The van der Waals surface area contributed by atoms with Crippen molar-refractivity contribution < 1.29 is 9.90 Å². The Labute approximate surface area is 190 Å². The van der Waals surface area contributed by atoms with Crippen LogP contribution in [0.5, 0.6) is 0 Å². The number of thiazole rings is 1. The fraction of sp³-hybridized carbons (Fsp3) is 0.292. The molecule has 5 rings (SSSR count). The van der Waals surface area contributed by atoms with E-state index in [-0.39, 0.29) is 12.5 Å². The van der Waals surface area contributed by atoms with Gasteiger partial charge in [-0.15, -0.1) is 11.3 Å². The average molecular weight is 448 g/mol. The molecule has 1 aliphatic rings. The van der Waals surface area contributed by atoms with Gasteiger partial charge in [0.05, 0.1) is 16.0 Å². The first kappa shape index (κ1) is 20.8. The van der Waals surface area contributed by atoms with E-state index in [1.165, 1.54) is 11.1 Å². The number of amides is 1. The normalized spacial score (nSPS) is 14.9. The third-order valence-electron chi connectivity index (χ3n) is 5.77. The number of aromatic nitrogens is 3. The minimum Gasteiger partial charge on any atom is -0.390 e. The van der Waals surface area contributed by atoms with Gasteiger partial charge in [0.25, 0.3) is 5.91 Å². The number of aliphatic hydroxyl groups is 1. The summed E-state index contributed by atoms with van der Waals surface area (Å²) in [5.74, 6) is -0.285. The number of hydrogen-bond donors (Lipinski definition) is 2. The van der Waals surface area contributed by atoms with Crippen LogP contribution in [0.1, 0.15) is 26.6 Å². The van der Waals surface area contributed by atoms with Crippen molar-refractivity contribution in [2.75, 3.05) is 19.6 Å². The van der Waals surface area contributed by atoms with Gasteiger partial charge in [0, 0.05) is 50.3 Å². The van der Waals surface area contributed by atoms with E-state index in [1.807, 2.05) is 35.9 Å². The highest BCUT2D eigenvalue weighted by Gasteiger charge is 2.19. The molecule has 0 radical (unpaired) electrons. The Balaban J connectivity index is 1.18. The highest BCUT2D eigenvalue weighted by molar-refractivity contribution is 7.15. The molecule has 164 valence electrons. The molecule has 3 aromatic heterocycles. The van der Waals surface area contributed by atoms with Gasteiger partial charge in [0.2, 0.25) is 0 Å². The molecule has 32 heavy (non-hydrogen) atoms. The second kappa shape index (κ2) is 8.82. The largest absolute Gasteiger partial charge is 0.390 e. The van der Waals surface area contributed by atoms with Crippen LogP contribution in [-0.2, 0) is 13.0 Å². The highest BCUT2D eigenvalue weighted by Crippen LogP contribution is 2.26. The maximum absolute atomic E-state index is 12.6. The lowest BCUT2D eigenvalue weighted by atomic mass is 10.00. The van der Waals surface area contributed by atoms with Gasteiger partial charge in [-0.1, -0.05) is 24.3 Å². The van der Waals surface area contributed by atoms with E-state index in [0.29, 0.717) is 17.9 Å². The van der Waals surface area contributed by atoms with Crippen molar-refractivity contribution in [3.8, 4) is 10.4 Å². The average Bonchev–Trinajstić information content (AvgIpc) is 3.43. The Hall–Kier alpha value is -3.07.